The van der Waals surface area contributed by atoms with E-state index in [4.69, 9.17) is 0 Å². The Morgan fingerprint density at radius 3 is 2.33 bits per heavy atom. The predicted octanol–water partition coefficient (Wildman–Crippen LogP) is -1.26. The molecule has 21 heavy (non-hydrogen) atoms. The summed E-state index contributed by atoms with van der Waals surface area (Å²) >= 11 is 0. The quantitative estimate of drug-likeness (QED) is 0.281. The molecule has 1 aromatic heterocycles. The van der Waals surface area contributed by atoms with Crippen molar-refractivity contribution in [2.24, 2.45) is 7.05 Å². The van der Waals surface area contributed by atoms with Crippen molar-refractivity contribution in [1.82, 2.24) is 9.78 Å². The maximum Gasteiger partial charge on any atom is 1.00 e. The average molecular weight is 364 g/mol. The Kier molecular flexibility index (Phi) is 7.43. The van der Waals surface area contributed by atoms with Gasteiger partial charge in [0.2, 0.25) is 5.88 Å². The van der Waals surface area contributed by atoms with Crippen LogP contribution in [0.4, 0.5) is 22.0 Å². The van der Waals surface area contributed by atoms with Crippen LogP contribution in [0.15, 0.2) is 0 Å². The summed E-state index contributed by atoms with van der Waals surface area (Å²) in [6, 6.07) is 0. The second kappa shape index (κ2) is 7.46. The van der Waals surface area contributed by atoms with Crippen molar-refractivity contribution in [3.05, 3.63) is 11.3 Å². The van der Waals surface area contributed by atoms with Crippen LogP contribution in [0.25, 0.3) is 0 Å². The van der Waals surface area contributed by atoms with E-state index in [1.54, 1.807) is 0 Å². The first kappa shape index (κ1) is 20.9. The van der Waals surface area contributed by atoms with Crippen LogP contribution in [0.5, 0.6) is 5.88 Å². The number of halogens is 5. The fraction of sp³-hybridized carbons (Fsp3) is 0.571. The van der Waals surface area contributed by atoms with Crippen molar-refractivity contribution in [1.29, 1.82) is 0 Å². The number of nitrogens with zero attached hydrogens (tertiary/aromatic N) is 2. The third kappa shape index (κ3) is 6.28. The van der Waals surface area contributed by atoms with Gasteiger partial charge in [-0.25, -0.2) is 13.1 Å². The molecule has 0 spiro atoms. The molecule has 0 fully saturated rings. The molecule has 1 rings (SSSR count). The molecule has 0 N–H and O–H groups in total. The third-order valence-electron chi connectivity index (χ3n) is 1.90. The zero-order valence-electron chi connectivity index (χ0n) is 10.5. The van der Waals surface area contributed by atoms with Crippen molar-refractivity contribution in [2.75, 3.05) is 0 Å². The number of hydrogen-bond acceptors (Lipinski definition) is 6. The van der Waals surface area contributed by atoms with Gasteiger partial charge in [0.15, 0.2) is 5.69 Å². The summed E-state index contributed by atoms with van der Waals surface area (Å²) in [5.41, 5.74) is -2.53. The van der Waals surface area contributed by atoms with Gasteiger partial charge in [0.1, 0.15) is 9.15 Å². The molecule has 6 nitrogen and oxygen atoms in total. The van der Waals surface area contributed by atoms with Crippen LogP contribution in [0.1, 0.15) is 11.3 Å². The molecule has 1 heterocycles. The molecule has 1 aromatic rings. The molecule has 14 heteroatoms. The Bertz CT molecular complexity index is 589. The van der Waals surface area contributed by atoms with Crippen LogP contribution in [-0.4, -0.2) is 29.4 Å². The van der Waals surface area contributed by atoms with Gasteiger partial charge in [0.05, 0.1) is 5.56 Å². The van der Waals surface area contributed by atoms with Crippen molar-refractivity contribution in [2.45, 2.75) is 18.5 Å². The monoisotopic (exact) mass is 364 g/mol. The normalized spacial score (nSPS) is 12.4. The standard InChI is InChI=1S/C7H7F5N2O4S2.Na/c1-14-5(18-6(8)9)3(2-19-20(15,16)17)4(13-14)7(10,11)12;/h6H,2H2,1H3,(H,15,16,17);/q;+1/p-1. The number of rotatable bonds is 5. The summed E-state index contributed by atoms with van der Waals surface area (Å²) in [5, 5.41) is 2.96. The van der Waals surface area contributed by atoms with Gasteiger partial charge >= 0.3 is 42.3 Å². The van der Waals surface area contributed by atoms with Gasteiger partial charge in [-0.05, 0) is 10.8 Å². The molecular weight excluding hydrogens is 358 g/mol. The second-order valence-corrected chi connectivity index (χ2v) is 6.58. The third-order valence-corrected chi connectivity index (χ3v) is 3.82. The fourth-order valence-corrected chi connectivity index (χ4v) is 2.58. The minimum absolute atomic E-state index is 0. The summed E-state index contributed by atoms with van der Waals surface area (Å²) < 4.78 is 97.7. The largest absolute Gasteiger partial charge is 1.00 e. The van der Waals surface area contributed by atoms with E-state index in [-0.39, 0.29) is 29.6 Å². The van der Waals surface area contributed by atoms with Gasteiger partial charge in [-0.2, -0.15) is 27.1 Å². The van der Waals surface area contributed by atoms with E-state index in [1.165, 1.54) is 0 Å². The molecule has 0 saturated carbocycles. The summed E-state index contributed by atoms with van der Waals surface area (Å²) in [6.45, 7) is -3.43. The predicted molar refractivity (Wildman–Crippen MR) is 55.8 cm³/mol. The van der Waals surface area contributed by atoms with Gasteiger partial charge in [0, 0.05) is 12.8 Å². The SMILES string of the molecule is Cn1nc(C(F)(F)F)c(CSS(=O)(=O)[O-])c1OC(F)F.[Na+]. The first-order valence-electron chi connectivity index (χ1n) is 4.60. The Balaban J connectivity index is 0.00000400. The van der Waals surface area contributed by atoms with E-state index in [2.05, 4.69) is 9.84 Å². The van der Waals surface area contributed by atoms with Gasteiger partial charge in [-0.3, -0.25) is 0 Å². The van der Waals surface area contributed by atoms with Crippen LogP contribution in [0.2, 0.25) is 0 Å². The molecule has 0 bridgehead atoms. The summed E-state index contributed by atoms with van der Waals surface area (Å²) in [4.78, 5) is 0. The molecule has 0 unspecified atom stereocenters. The van der Waals surface area contributed by atoms with Gasteiger partial charge < -0.3 is 9.29 Å². The summed E-state index contributed by atoms with van der Waals surface area (Å²) in [7, 11) is -4.38. The molecule has 0 aliphatic carbocycles. The summed E-state index contributed by atoms with van der Waals surface area (Å²) in [5.74, 6) is -1.97. The number of aromatic nitrogens is 2. The molecule has 0 aromatic carbocycles. The maximum atomic E-state index is 12.6. The molecule has 0 saturated heterocycles. The minimum Gasteiger partial charge on any atom is -0.739 e. The Morgan fingerprint density at radius 1 is 1.43 bits per heavy atom. The zero-order valence-corrected chi connectivity index (χ0v) is 14.2. The van der Waals surface area contributed by atoms with E-state index in [9.17, 15) is 34.9 Å². The first-order valence-corrected chi connectivity index (χ1v) is 7.51. The molecule has 116 valence electrons. The molecule has 0 radical (unpaired) electrons. The average Bonchev–Trinajstić information content (AvgIpc) is 2.51. The molecule has 0 amide bonds. The fourth-order valence-electron chi connectivity index (χ4n) is 1.27. The molecular formula is C7H6F5N2NaO4S2. The van der Waals surface area contributed by atoms with Gasteiger partial charge in [-0.15, -0.1) is 0 Å². The van der Waals surface area contributed by atoms with Crippen LogP contribution in [0, 0.1) is 0 Å². The van der Waals surface area contributed by atoms with Crippen molar-refractivity contribution in [3.8, 4) is 5.88 Å². The van der Waals surface area contributed by atoms with Crippen LogP contribution >= 0.6 is 10.8 Å². The van der Waals surface area contributed by atoms with Crippen LogP contribution in [-0.2, 0) is 28.1 Å². The Labute approximate surface area is 141 Å². The van der Waals surface area contributed by atoms with Gasteiger partial charge in [-0.1, -0.05) is 0 Å². The Morgan fingerprint density at radius 2 is 1.95 bits per heavy atom. The minimum atomic E-state index is -5.01. The van der Waals surface area contributed by atoms with E-state index >= 15 is 0 Å². The van der Waals surface area contributed by atoms with Gasteiger partial charge in [0.25, 0.3) is 0 Å². The maximum absolute atomic E-state index is 12.6. The molecule has 0 atom stereocenters. The van der Waals surface area contributed by atoms with Crippen molar-refractivity contribution in [3.63, 3.8) is 0 Å². The van der Waals surface area contributed by atoms with E-state index < -0.39 is 55.6 Å². The number of ether oxygens (including phenoxy) is 1. The number of hydrogen-bond donors (Lipinski definition) is 0. The number of aryl methyl sites for hydroxylation is 1. The smallest absolute Gasteiger partial charge is 0.739 e. The Hall–Kier alpha value is -0.0800. The second-order valence-electron chi connectivity index (χ2n) is 3.30. The zero-order chi connectivity index (χ0) is 15.7. The van der Waals surface area contributed by atoms with Crippen molar-refractivity contribution >= 4 is 19.9 Å². The van der Waals surface area contributed by atoms with Crippen LogP contribution < -0.4 is 34.3 Å². The molecule has 0 aliphatic heterocycles. The van der Waals surface area contributed by atoms with Crippen molar-refractivity contribution < 1.29 is 69.2 Å². The van der Waals surface area contributed by atoms with E-state index in [1.807, 2.05) is 0 Å². The van der Waals surface area contributed by atoms with E-state index in [0.29, 0.717) is 4.68 Å². The van der Waals surface area contributed by atoms with Crippen LogP contribution in [0.3, 0.4) is 0 Å². The molecule has 0 aliphatic rings. The first-order chi connectivity index (χ1) is 8.92. The summed E-state index contributed by atoms with van der Waals surface area (Å²) in [6.07, 6.45) is -5.01. The topological polar surface area (TPSA) is 84.2 Å². The number of alkyl halides is 5. The van der Waals surface area contributed by atoms with E-state index in [0.717, 1.165) is 7.05 Å².